The van der Waals surface area contributed by atoms with Gasteiger partial charge in [0, 0.05) is 30.4 Å². The molecule has 6 heteroatoms. The van der Waals surface area contributed by atoms with Gasteiger partial charge in [-0.15, -0.1) is 0 Å². The largest absolute Gasteiger partial charge is 0.497 e. The summed E-state index contributed by atoms with van der Waals surface area (Å²) in [5.41, 5.74) is 2.86. The van der Waals surface area contributed by atoms with E-state index in [0.717, 1.165) is 33.2 Å². The summed E-state index contributed by atoms with van der Waals surface area (Å²) in [4.78, 5) is 4.72. The molecule has 0 spiro atoms. The quantitative estimate of drug-likeness (QED) is 0.369. The average molecular weight is 341 g/mol. The zero-order valence-electron chi connectivity index (χ0n) is 14.2. The fourth-order valence-electron chi connectivity index (χ4n) is 2.80. The van der Waals surface area contributed by atoms with Crippen LogP contribution in [0.15, 0.2) is 42.5 Å². The molecule has 0 saturated carbocycles. The summed E-state index contributed by atoms with van der Waals surface area (Å²) in [5.74, 6) is 0.789. The first-order valence-corrected chi connectivity index (χ1v) is 8.33. The van der Waals surface area contributed by atoms with Crippen LogP contribution in [-0.2, 0) is 0 Å². The van der Waals surface area contributed by atoms with E-state index in [1.54, 1.807) is 7.11 Å². The lowest BCUT2D eigenvalue weighted by molar-refractivity contribution is 0.0949. The normalized spacial score (nSPS) is 12.4. The van der Waals surface area contributed by atoms with Crippen LogP contribution in [0.3, 0.4) is 0 Å². The Morgan fingerprint density at radius 1 is 1.08 bits per heavy atom. The van der Waals surface area contributed by atoms with Crippen LogP contribution in [0.25, 0.3) is 21.8 Å². The van der Waals surface area contributed by atoms with Crippen molar-refractivity contribution in [2.75, 3.05) is 38.7 Å². The number of para-hydroxylation sites is 1. The lowest BCUT2D eigenvalue weighted by atomic mass is 10.1. The van der Waals surface area contributed by atoms with Crippen molar-refractivity contribution in [1.82, 2.24) is 10.3 Å². The van der Waals surface area contributed by atoms with E-state index in [9.17, 15) is 5.11 Å². The molecule has 1 heterocycles. The molecule has 0 aliphatic carbocycles. The molecular formula is C19H23N3O3. The minimum atomic E-state index is -0.730. The van der Waals surface area contributed by atoms with Gasteiger partial charge in [-0.1, -0.05) is 18.2 Å². The Morgan fingerprint density at radius 3 is 2.68 bits per heavy atom. The fourth-order valence-corrected chi connectivity index (χ4v) is 2.80. The monoisotopic (exact) mass is 341 g/mol. The molecule has 1 aromatic heterocycles. The number of benzene rings is 2. The van der Waals surface area contributed by atoms with E-state index in [-0.39, 0.29) is 6.61 Å². The third kappa shape index (κ3) is 3.99. The van der Waals surface area contributed by atoms with Gasteiger partial charge in [-0.2, -0.15) is 0 Å². The van der Waals surface area contributed by atoms with E-state index < -0.39 is 6.10 Å². The van der Waals surface area contributed by atoms with Gasteiger partial charge in [0.2, 0.25) is 0 Å². The van der Waals surface area contributed by atoms with Crippen molar-refractivity contribution in [3.63, 3.8) is 0 Å². The molecule has 0 aliphatic rings. The van der Waals surface area contributed by atoms with Gasteiger partial charge >= 0.3 is 0 Å². The Morgan fingerprint density at radius 2 is 1.88 bits per heavy atom. The highest BCUT2D eigenvalue weighted by atomic mass is 16.5. The standard InChI is InChI=1S/C19H23N3O3/c1-25-14-6-7-18-16(10-14)19(15-4-2-3-5-17(15)22-18)21-9-8-20-11-13(24)12-23/h2-7,10,13,20,23-24H,8-9,11-12H2,1H3,(H,21,22)/t13-/m0/s1. The van der Waals surface area contributed by atoms with Crippen molar-refractivity contribution in [1.29, 1.82) is 0 Å². The van der Waals surface area contributed by atoms with Crippen molar-refractivity contribution < 1.29 is 14.9 Å². The van der Waals surface area contributed by atoms with Crippen LogP contribution in [-0.4, -0.2) is 54.7 Å². The molecule has 6 nitrogen and oxygen atoms in total. The number of anilines is 1. The molecule has 4 N–H and O–H groups in total. The summed E-state index contributed by atoms with van der Waals surface area (Å²) < 4.78 is 5.35. The van der Waals surface area contributed by atoms with Crippen LogP contribution in [0.4, 0.5) is 5.69 Å². The summed E-state index contributed by atoms with van der Waals surface area (Å²) in [7, 11) is 1.65. The Hall–Kier alpha value is -2.41. The van der Waals surface area contributed by atoms with Gasteiger partial charge in [0.05, 0.1) is 36.5 Å². The van der Waals surface area contributed by atoms with E-state index in [1.807, 2.05) is 42.5 Å². The smallest absolute Gasteiger partial charge is 0.119 e. The van der Waals surface area contributed by atoms with Gasteiger partial charge < -0.3 is 25.6 Å². The molecule has 0 saturated heterocycles. The molecular weight excluding hydrogens is 318 g/mol. The van der Waals surface area contributed by atoms with Gasteiger partial charge in [-0.05, 0) is 24.3 Å². The van der Waals surface area contributed by atoms with Gasteiger partial charge in [0.15, 0.2) is 0 Å². The summed E-state index contributed by atoms with van der Waals surface area (Å²) in [6.45, 7) is 1.47. The van der Waals surface area contributed by atoms with Crippen molar-refractivity contribution in [3.8, 4) is 5.75 Å². The fraction of sp³-hybridized carbons (Fsp3) is 0.316. The maximum Gasteiger partial charge on any atom is 0.119 e. The Bertz CT molecular complexity index is 854. The maximum absolute atomic E-state index is 9.36. The van der Waals surface area contributed by atoms with Crippen molar-refractivity contribution in [3.05, 3.63) is 42.5 Å². The highest BCUT2D eigenvalue weighted by Crippen LogP contribution is 2.32. The molecule has 3 aromatic rings. The highest BCUT2D eigenvalue weighted by Gasteiger charge is 2.10. The second-order valence-corrected chi connectivity index (χ2v) is 5.85. The summed E-state index contributed by atoms with van der Waals surface area (Å²) >= 11 is 0. The van der Waals surface area contributed by atoms with Gasteiger partial charge in [0.1, 0.15) is 5.75 Å². The number of nitrogens with zero attached hydrogens (tertiary/aromatic N) is 1. The van der Waals surface area contributed by atoms with Crippen LogP contribution >= 0.6 is 0 Å². The number of fused-ring (bicyclic) bond motifs is 2. The van der Waals surface area contributed by atoms with E-state index in [4.69, 9.17) is 14.8 Å². The molecule has 132 valence electrons. The number of aliphatic hydroxyl groups is 2. The van der Waals surface area contributed by atoms with Crippen LogP contribution in [0.5, 0.6) is 5.75 Å². The SMILES string of the molecule is COc1ccc2nc3ccccc3c(NCCNC[C@H](O)CO)c2c1. The van der Waals surface area contributed by atoms with E-state index in [0.29, 0.717) is 19.6 Å². The molecule has 3 rings (SSSR count). The minimum Gasteiger partial charge on any atom is -0.497 e. The Labute approximate surface area is 146 Å². The van der Waals surface area contributed by atoms with Crippen LogP contribution < -0.4 is 15.4 Å². The van der Waals surface area contributed by atoms with Crippen molar-refractivity contribution >= 4 is 27.5 Å². The number of pyridine rings is 1. The first-order valence-electron chi connectivity index (χ1n) is 8.33. The molecule has 25 heavy (non-hydrogen) atoms. The second-order valence-electron chi connectivity index (χ2n) is 5.85. The molecule has 2 aromatic carbocycles. The number of hydrogen-bond donors (Lipinski definition) is 4. The molecule has 0 radical (unpaired) electrons. The first kappa shape index (κ1) is 17.4. The van der Waals surface area contributed by atoms with Gasteiger partial charge in [-0.25, -0.2) is 4.98 Å². The van der Waals surface area contributed by atoms with Gasteiger partial charge in [0.25, 0.3) is 0 Å². The number of methoxy groups -OCH3 is 1. The number of rotatable bonds is 8. The summed E-state index contributed by atoms with van der Waals surface area (Å²) in [6, 6.07) is 13.9. The zero-order valence-corrected chi connectivity index (χ0v) is 14.2. The molecule has 0 aliphatic heterocycles. The average Bonchev–Trinajstić information content (AvgIpc) is 2.66. The summed E-state index contributed by atoms with van der Waals surface area (Å²) in [5, 5.41) is 26.8. The van der Waals surface area contributed by atoms with E-state index in [2.05, 4.69) is 10.6 Å². The van der Waals surface area contributed by atoms with Crippen molar-refractivity contribution in [2.45, 2.75) is 6.10 Å². The molecule has 0 bridgehead atoms. The third-order valence-corrected chi connectivity index (χ3v) is 4.08. The number of ether oxygens (including phenoxy) is 1. The number of nitrogens with one attached hydrogen (secondary N) is 2. The molecule has 0 fully saturated rings. The van der Waals surface area contributed by atoms with Crippen molar-refractivity contribution in [2.24, 2.45) is 0 Å². The lowest BCUT2D eigenvalue weighted by Crippen LogP contribution is -2.32. The predicted molar refractivity (Wildman–Crippen MR) is 100 cm³/mol. The van der Waals surface area contributed by atoms with E-state index >= 15 is 0 Å². The first-order chi connectivity index (χ1) is 12.2. The third-order valence-electron chi connectivity index (χ3n) is 4.08. The van der Waals surface area contributed by atoms with Crippen LogP contribution in [0, 0.1) is 0 Å². The second kappa shape index (κ2) is 8.11. The lowest BCUT2D eigenvalue weighted by Gasteiger charge is -2.15. The Balaban J connectivity index is 1.87. The van der Waals surface area contributed by atoms with Gasteiger partial charge in [-0.3, -0.25) is 0 Å². The number of aliphatic hydroxyl groups excluding tert-OH is 2. The van der Waals surface area contributed by atoms with Crippen LogP contribution in [0.1, 0.15) is 0 Å². The predicted octanol–water partition coefficient (Wildman–Crippen LogP) is 1.75. The number of aromatic nitrogens is 1. The van der Waals surface area contributed by atoms with E-state index in [1.165, 1.54) is 0 Å². The number of hydrogen-bond acceptors (Lipinski definition) is 6. The minimum absolute atomic E-state index is 0.236. The topological polar surface area (TPSA) is 86.6 Å². The summed E-state index contributed by atoms with van der Waals surface area (Å²) in [6.07, 6.45) is -0.730. The highest BCUT2D eigenvalue weighted by molar-refractivity contribution is 6.07. The maximum atomic E-state index is 9.36. The Kier molecular flexibility index (Phi) is 5.65. The van der Waals surface area contributed by atoms with Crippen LogP contribution in [0.2, 0.25) is 0 Å². The zero-order chi connectivity index (χ0) is 17.6. The molecule has 0 amide bonds. The molecule has 0 unspecified atom stereocenters. The molecule has 1 atom stereocenters.